The quantitative estimate of drug-likeness (QED) is 0.546. The van der Waals surface area contributed by atoms with Gasteiger partial charge in [-0.15, -0.1) is 23.4 Å². The number of nitrogens with zero attached hydrogens (tertiary/aromatic N) is 2. The smallest absolute Gasteiger partial charge is 0.437 e. The van der Waals surface area contributed by atoms with Crippen LogP contribution in [0.2, 0.25) is 5.15 Å². The number of carbonyl (C=O) groups is 1. The third kappa shape index (κ3) is 6.31. The van der Waals surface area contributed by atoms with Crippen LogP contribution in [0.4, 0.5) is 18.9 Å². The molecule has 3 aromatic rings. The van der Waals surface area contributed by atoms with Gasteiger partial charge in [0.2, 0.25) is 0 Å². The molecule has 0 fully saturated rings. The van der Waals surface area contributed by atoms with Crippen molar-refractivity contribution in [3.63, 3.8) is 0 Å². The highest BCUT2D eigenvalue weighted by molar-refractivity contribution is 7.90. The van der Waals surface area contributed by atoms with Crippen LogP contribution in [0.15, 0.2) is 59.5 Å². The molecule has 0 aliphatic carbocycles. The highest BCUT2D eigenvalue weighted by atomic mass is 35.5. The third-order valence-corrected chi connectivity index (χ3v) is 5.06. The van der Waals surface area contributed by atoms with Crippen LogP contribution in [0.1, 0.15) is 10.4 Å². The van der Waals surface area contributed by atoms with Crippen molar-refractivity contribution in [1.82, 2.24) is 10.2 Å². The first-order valence-electron chi connectivity index (χ1n) is 8.59. The normalized spacial score (nSPS) is 11.7. The van der Waals surface area contributed by atoms with Crippen LogP contribution in [0, 0.1) is 0 Å². The Morgan fingerprint density at radius 1 is 1.03 bits per heavy atom. The summed E-state index contributed by atoms with van der Waals surface area (Å²) in [6.07, 6.45) is -3.82. The monoisotopic (exact) mass is 487 g/mol. The third-order valence-electron chi connectivity index (χ3n) is 3.77. The first kappa shape index (κ1) is 23.3. The molecule has 0 saturated carbocycles. The van der Waals surface area contributed by atoms with E-state index in [1.165, 1.54) is 42.5 Å². The lowest BCUT2D eigenvalue weighted by molar-refractivity contribution is -0.274. The number of alkyl halides is 3. The molecule has 0 radical (unpaired) electrons. The molecule has 8 nitrogen and oxygen atoms in total. The molecule has 3 rings (SSSR count). The fraction of sp³-hybridized carbons (Fsp3) is 0.105. The lowest BCUT2D eigenvalue weighted by Crippen LogP contribution is -2.17. The van der Waals surface area contributed by atoms with Gasteiger partial charge in [-0.2, -0.15) is 0 Å². The number of carbonyl (C=O) groups excluding carboxylic acids is 1. The minimum Gasteiger partial charge on any atom is -0.437 e. The molecule has 0 spiro atoms. The highest BCUT2D eigenvalue weighted by Gasteiger charge is 2.31. The molecule has 0 aliphatic rings. The lowest BCUT2D eigenvalue weighted by atomic mass is 10.2. The number of aromatic nitrogens is 2. The van der Waals surface area contributed by atoms with Gasteiger partial charge in [0.1, 0.15) is 17.1 Å². The fourth-order valence-corrected chi connectivity index (χ4v) is 3.23. The van der Waals surface area contributed by atoms with Crippen LogP contribution >= 0.6 is 11.6 Å². The van der Waals surface area contributed by atoms with Gasteiger partial charge in [0.15, 0.2) is 15.0 Å². The minimum absolute atomic E-state index is 0.00109. The Bertz CT molecular complexity index is 1250. The molecule has 1 aromatic heterocycles. The molecule has 2 aromatic carbocycles. The molecular weight excluding hydrogens is 475 g/mol. The number of hydrogen-bond donors (Lipinski definition) is 1. The van der Waals surface area contributed by atoms with E-state index in [1.54, 1.807) is 0 Å². The molecule has 0 aliphatic heterocycles. The Morgan fingerprint density at radius 3 is 2.31 bits per heavy atom. The van der Waals surface area contributed by atoms with Gasteiger partial charge >= 0.3 is 6.36 Å². The van der Waals surface area contributed by atoms with E-state index in [9.17, 15) is 26.4 Å². The van der Waals surface area contributed by atoms with Gasteiger partial charge in [0, 0.05) is 11.9 Å². The number of amides is 1. The van der Waals surface area contributed by atoms with Crippen LogP contribution in [0.25, 0.3) is 0 Å². The first-order valence-corrected chi connectivity index (χ1v) is 10.9. The van der Waals surface area contributed by atoms with Gasteiger partial charge in [-0.05, 0) is 48.5 Å². The predicted octanol–water partition coefficient (Wildman–Crippen LogP) is 4.48. The van der Waals surface area contributed by atoms with E-state index in [4.69, 9.17) is 16.3 Å². The molecule has 168 valence electrons. The molecule has 0 unspecified atom stereocenters. The first-order chi connectivity index (χ1) is 14.9. The van der Waals surface area contributed by atoms with Gasteiger partial charge in [-0.25, -0.2) is 8.42 Å². The van der Waals surface area contributed by atoms with E-state index in [0.717, 1.165) is 18.4 Å². The van der Waals surface area contributed by atoms with E-state index in [2.05, 4.69) is 20.3 Å². The molecule has 32 heavy (non-hydrogen) atoms. The van der Waals surface area contributed by atoms with Gasteiger partial charge in [-0.3, -0.25) is 4.79 Å². The van der Waals surface area contributed by atoms with E-state index in [-0.39, 0.29) is 32.9 Å². The number of halogens is 4. The van der Waals surface area contributed by atoms with Crippen molar-refractivity contribution in [1.29, 1.82) is 0 Å². The predicted molar refractivity (Wildman–Crippen MR) is 108 cm³/mol. The van der Waals surface area contributed by atoms with Crippen molar-refractivity contribution in [2.45, 2.75) is 11.3 Å². The Hall–Kier alpha value is -3.38. The molecule has 0 bridgehead atoms. The summed E-state index contributed by atoms with van der Waals surface area (Å²) in [5, 5.41) is 9.68. The minimum atomic E-state index is -4.84. The Labute approximate surface area is 184 Å². The van der Waals surface area contributed by atoms with Crippen LogP contribution in [0.5, 0.6) is 17.4 Å². The summed E-state index contributed by atoms with van der Waals surface area (Å²) in [7, 11) is -3.50. The molecule has 1 amide bonds. The Balaban J connectivity index is 1.83. The van der Waals surface area contributed by atoms with Crippen molar-refractivity contribution < 1.29 is 35.9 Å². The number of nitrogens with one attached hydrogen (secondary N) is 1. The second kappa shape index (κ2) is 9.01. The van der Waals surface area contributed by atoms with Crippen LogP contribution in [-0.2, 0) is 9.84 Å². The van der Waals surface area contributed by atoms with Gasteiger partial charge in [0.05, 0.1) is 4.90 Å². The summed E-state index contributed by atoms with van der Waals surface area (Å²) in [5.74, 6) is -1.44. The molecule has 0 atom stereocenters. The van der Waals surface area contributed by atoms with Crippen molar-refractivity contribution in [2.24, 2.45) is 0 Å². The van der Waals surface area contributed by atoms with Crippen molar-refractivity contribution >= 4 is 33.0 Å². The summed E-state index contributed by atoms with van der Waals surface area (Å²) in [5.41, 5.74) is 0.0378. The zero-order chi connectivity index (χ0) is 23.5. The van der Waals surface area contributed by atoms with Gasteiger partial charge < -0.3 is 14.8 Å². The van der Waals surface area contributed by atoms with Gasteiger partial charge in [0.25, 0.3) is 11.8 Å². The number of hydrogen-bond acceptors (Lipinski definition) is 7. The van der Waals surface area contributed by atoms with Crippen LogP contribution < -0.4 is 14.8 Å². The molecule has 1 N–H and O–H groups in total. The standard InChI is InChI=1S/C19H13ClF3N3O5S/c1-32(28,29)14-4-2-3-11(9-14)24-17(27)15-10-16(20)25-26-18(15)30-12-5-7-13(8-6-12)31-19(21,22)23/h2-10H,1H3,(H,24,27). The molecule has 0 saturated heterocycles. The maximum atomic E-state index is 12.7. The summed E-state index contributed by atoms with van der Waals surface area (Å²) in [4.78, 5) is 12.7. The maximum Gasteiger partial charge on any atom is 0.573 e. The van der Waals surface area contributed by atoms with E-state index in [0.29, 0.717) is 0 Å². The number of ether oxygens (including phenoxy) is 2. The summed E-state index contributed by atoms with van der Waals surface area (Å²) in [6.45, 7) is 0. The number of rotatable bonds is 6. The zero-order valence-corrected chi connectivity index (χ0v) is 17.6. The average molecular weight is 488 g/mol. The summed E-state index contributed by atoms with van der Waals surface area (Å²) >= 11 is 5.82. The SMILES string of the molecule is CS(=O)(=O)c1cccc(NC(=O)c2cc(Cl)nnc2Oc2ccc(OC(F)(F)F)cc2)c1. The Kier molecular flexibility index (Phi) is 6.55. The maximum absolute atomic E-state index is 12.7. The molecule has 1 heterocycles. The number of anilines is 1. The van der Waals surface area contributed by atoms with E-state index >= 15 is 0 Å². The summed E-state index contributed by atoms with van der Waals surface area (Å²) < 4.78 is 69.5. The van der Waals surface area contributed by atoms with Crippen molar-refractivity contribution in [2.75, 3.05) is 11.6 Å². The van der Waals surface area contributed by atoms with Crippen molar-refractivity contribution in [3.05, 3.63) is 65.3 Å². The van der Waals surface area contributed by atoms with Gasteiger partial charge in [-0.1, -0.05) is 17.7 Å². The lowest BCUT2D eigenvalue weighted by Gasteiger charge is -2.12. The zero-order valence-electron chi connectivity index (χ0n) is 16.1. The van der Waals surface area contributed by atoms with Crippen LogP contribution in [0.3, 0.4) is 0 Å². The highest BCUT2D eigenvalue weighted by Crippen LogP contribution is 2.29. The summed E-state index contributed by atoms with van der Waals surface area (Å²) in [6, 6.07) is 11.1. The molecular formula is C19H13ClF3N3O5S. The van der Waals surface area contributed by atoms with E-state index in [1.807, 2.05) is 0 Å². The number of sulfone groups is 1. The second-order valence-corrected chi connectivity index (χ2v) is 8.66. The topological polar surface area (TPSA) is 107 Å². The Morgan fingerprint density at radius 2 is 1.69 bits per heavy atom. The van der Waals surface area contributed by atoms with E-state index < -0.39 is 27.9 Å². The average Bonchev–Trinajstić information content (AvgIpc) is 2.69. The van der Waals surface area contributed by atoms with Crippen molar-refractivity contribution in [3.8, 4) is 17.4 Å². The number of benzene rings is 2. The molecule has 13 heteroatoms. The van der Waals surface area contributed by atoms with Crippen LogP contribution in [-0.4, -0.2) is 37.1 Å². The second-order valence-electron chi connectivity index (χ2n) is 6.26. The largest absolute Gasteiger partial charge is 0.573 e. The fourth-order valence-electron chi connectivity index (χ4n) is 2.42.